The number of alkyl carbamates (subject to hydrolysis) is 2. The van der Waals surface area contributed by atoms with Crippen molar-refractivity contribution < 1.29 is 33.7 Å². The fourth-order valence-corrected chi connectivity index (χ4v) is 3.47. The first-order chi connectivity index (χ1) is 20.2. The maximum Gasteiger partial charge on any atom is 0.408 e. The van der Waals surface area contributed by atoms with Crippen LogP contribution in [0.25, 0.3) is 0 Å². The van der Waals surface area contributed by atoms with Crippen molar-refractivity contribution in [2.24, 2.45) is 11.5 Å². The highest BCUT2D eigenvalue weighted by atomic mass is 32.1. The quantitative estimate of drug-likeness (QED) is 0.166. The van der Waals surface area contributed by atoms with Crippen LogP contribution in [0.1, 0.15) is 52.7 Å². The highest BCUT2D eigenvalue weighted by molar-refractivity contribution is 7.80. The Morgan fingerprint density at radius 2 is 1.05 bits per heavy atom. The van der Waals surface area contributed by atoms with Gasteiger partial charge in [0.1, 0.15) is 17.2 Å². The number of amides is 3. The number of ether oxygens (including phenoxy) is 2. The molecule has 0 saturated carbocycles. The van der Waals surface area contributed by atoms with Crippen LogP contribution in [-0.2, 0) is 27.1 Å². The van der Waals surface area contributed by atoms with Gasteiger partial charge in [-0.1, -0.05) is 36.5 Å². The summed E-state index contributed by atoms with van der Waals surface area (Å²) in [6.45, 7) is 10.3. The molecule has 240 valence electrons. The van der Waals surface area contributed by atoms with Crippen molar-refractivity contribution in [1.82, 2.24) is 10.6 Å². The monoisotopic (exact) mass is 634 g/mol. The Hall–Kier alpha value is -4.86. The summed E-state index contributed by atoms with van der Waals surface area (Å²) in [6, 6.07) is 10.1. The third-order valence-corrected chi connectivity index (χ3v) is 5.53. The summed E-state index contributed by atoms with van der Waals surface area (Å²) in [5.41, 5.74) is 10.9. The van der Waals surface area contributed by atoms with E-state index in [1.807, 2.05) is 0 Å². The average Bonchev–Trinajstić information content (AvgIpc) is 2.86. The van der Waals surface area contributed by atoms with Crippen molar-refractivity contribution in [2.75, 3.05) is 0 Å². The fourth-order valence-electron chi connectivity index (χ4n) is 3.32. The van der Waals surface area contributed by atoms with Gasteiger partial charge in [-0.05, 0) is 59.1 Å². The first-order valence-electron chi connectivity index (χ1n) is 13.2. The van der Waals surface area contributed by atoms with Gasteiger partial charge in [-0.25, -0.2) is 9.59 Å². The van der Waals surface area contributed by atoms with Crippen LogP contribution < -0.4 is 22.1 Å². The Balaban J connectivity index is 0.000000440. The first-order valence-corrected chi connectivity index (χ1v) is 13.6. The molecule has 0 fully saturated rings. The molecular formula is C28H38N6O9S. The largest absolute Gasteiger partial charge is 0.444 e. The van der Waals surface area contributed by atoms with Crippen molar-refractivity contribution in [3.63, 3.8) is 0 Å². The second-order valence-corrected chi connectivity index (χ2v) is 11.9. The Morgan fingerprint density at radius 3 is 1.32 bits per heavy atom. The van der Waals surface area contributed by atoms with Gasteiger partial charge in [0.2, 0.25) is 5.91 Å². The molecule has 3 amide bonds. The molecule has 0 bridgehead atoms. The summed E-state index contributed by atoms with van der Waals surface area (Å²) in [4.78, 5) is 55.2. The van der Waals surface area contributed by atoms with Crippen LogP contribution in [0.2, 0.25) is 0 Å². The third kappa shape index (κ3) is 14.9. The Bertz CT molecular complexity index is 1230. The van der Waals surface area contributed by atoms with E-state index in [0.717, 1.165) is 5.56 Å². The van der Waals surface area contributed by atoms with E-state index in [4.69, 9.17) is 33.2 Å². The van der Waals surface area contributed by atoms with Gasteiger partial charge < -0.3 is 31.6 Å². The lowest BCUT2D eigenvalue weighted by Crippen LogP contribution is -2.47. The molecule has 0 saturated heterocycles. The molecule has 0 heterocycles. The lowest BCUT2D eigenvalue weighted by atomic mass is 10.1. The number of carbonyl (C=O) groups is 3. The molecule has 0 aliphatic heterocycles. The van der Waals surface area contributed by atoms with Gasteiger partial charge in [0.05, 0.1) is 20.9 Å². The number of primary amides is 1. The normalized spacial score (nSPS) is 12.3. The molecule has 2 aromatic carbocycles. The van der Waals surface area contributed by atoms with Gasteiger partial charge in [-0.2, -0.15) is 0 Å². The molecular weight excluding hydrogens is 596 g/mol. The van der Waals surface area contributed by atoms with Crippen LogP contribution >= 0.6 is 12.2 Å². The van der Waals surface area contributed by atoms with Crippen LogP contribution in [0.4, 0.5) is 21.0 Å². The number of benzene rings is 2. The van der Waals surface area contributed by atoms with Gasteiger partial charge >= 0.3 is 12.2 Å². The van der Waals surface area contributed by atoms with Crippen molar-refractivity contribution in [3.8, 4) is 0 Å². The summed E-state index contributed by atoms with van der Waals surface area (Å²) in [5.74, 6) is -0.718. The predicted octanol–water partition coefficient (Wildman–Crippen LogP) is 3.83. The second-order valence-electron chi connectivity index (χ2n) is 11.5. The predicted molar refractivity (Wildman–Crippen MR) is 166 cm³/mol. The number of nitro benzene ring substituents is 2. The molecule has 15 nitrogen and oxygen atoms in total. The lowest BCUT2D eigenvalue weighted by molar-refractivity contribution is -0.385. The molecule has 0 aromatic heterocycles. The number of rotatable bonds is 10. The maximum absolute atomic E-state index is 11.8. The van der Waals surface area contributed by atoms with Crippen LogP contribution in [0, 0.1) is 20.2 Å². The highest BCUT2D eigenvalue weighted by Crippen LogP contribution is 2.15. The van der Waals surface area contributed by atoms with Gasteiger partial charge in [0.25, 0.3) is 11.4 Å². The smallest absolute Gasteiger partial charge is 0.408 e. The molecule has 0 spiro atoms. The maximum atomic E-state index is 11.8. The van der Waals surface area contributed by atoms with E-state index < -0.39 is 51.2 Å². The standard InChI is InChI=1S/C14H19N3O5.C14H19N3O4S/c1-14(2,3)22-13(19)16-11(12(15)18)8-9-4-6-10(7-5-9)17(20)21;1-14(2,3)21-13(18)16-11(12(15)22)8-9-4-6-10(7-5-9)17(19)20/h4-7,11H,8H2,1-3H3,(H2,15,18)(H,16,19);4-7,11H,8H2,1-3H3,(H2,15,22)(H,16,18)/t2*11-/m00/s1. The van der Waals surface area contributed by atoms with Crippen molar-refractivity contribution in [1.29, 1.82) is 0 Å². The summed E-state index contributed by atoms with van der Waals surface area (Å²) in [6.07, 6.45) is -0.926. The zero-order valence-corrected chi connectivity index (χ0v) is 26.1. The van der Waals surface area contributed by atoms with E-state index in [0.29, 0.717) is 12.0 Å². The number of thiocarbonyl (C=S) groups is 1. The minimum atomic E-state index is -0.962. The number of hydrogen-bond donors (Lipinski definition) is 4. The lowest BCUT2D eigenvalue weighted by Gasteiger charge is -2.23. The van der Waals surface area contributed by atoms with Crippen LogP contribution in [-0.4, -0.2) is 56.2 Å². The summed E-state index contributed by atoms with van der Waals surface area (Å²) < 4.78 is 10.2. The molecule has 0 radical (unpaired) electrons. The van der Waals surface area contributed by atoms with E-state index in [1.165, 1.54) is 36.4 Å². The van der Waals surface area contributed by atoms with Crippen LogP contribution in [0.15, 0.2) is 48.5 Å². The van der Waals surface area contributed by atoms with Crippen molar-refractivity contribution in [2.45, 2.75) is 77.7 Å². The minimum absolute atomic E-state index is 0.00396. The number of nitrogens with one attached hydrogen (secondary N) is 2. The van der Waals surface area contributed by atoms with Crippen molar-refractivity contribution in [3.05, 3.63) is 79.9 Å². The molecule has 0 aliphatic carbocycles. The molecule has 0 unspecified atom stereocenters. The number of non-ortho nitro benzene ring substituents is 2. The molecule has 2 rings (SSSR count). The minimum Gasteiger partial charge on any atom is -0.444 e. The highest BCUT2D eigenvalue weighted by Gasteiger charge is 2.24. The first kappa shape index (κ1) is 37.2. The number of nitrogens with zero attached hydrogens (tertiary/aromatic N) is 2. The zero-order chi connectivity index (χ0) is 33.8. The van der Waals surface area contributed by atoms with Crippen molar-refractivity contribution >= 4 is 46.7 Å². The van der Waals surface area contributed by atoms with E-state index >= 15 is 0 Å². The Morgan fingerprint density at radius 1 is 0.727 bits per heavy atom. The average molecular weight is 635 g/mol. The van der Waals surface area contributed by atoms with Gasteiger partial charge in [-0.15, -0.1) is 0 Å². The number of hydrogen-bond acceptors (Lipinski definition) is 10. The molecule has 2 aromatic rings. The molecule has 44 heavy (non-hydrogen) atoms. The van der Waals surface area contributed by atoms with Gasteiger partial charge in [-0.3, -0.25) is 25.0 Å². The van der Waals surface area contributed by atoms with Gasteiger partial charge in [0.15, 0.2) is 0 Å². The third-order valence-electron chi connectivity index (χ3n) is 5.24. The number of nitro groups is 2. The summed E-state index contributed by atoms with van der Waals surface area (Å²) in [5, 5.41) is 26.2. The van der Waals surface area contributed by atoms with Gasteiger partial charge in [0, 0.05) is 30.7 Å². The number of nitrogens with two attached hydrogens (primary N) is 2. The van der Waals surface area contributed by atoms with E-state index in [-0.39, 0.29) is 22.8 Å². The molecule has 16 heteroatoms. The van der Waals surface area contributed by atoms with Crippen LogP contribution in [0.5, 0.6) is 0 Å². The topological polar surface area (TPSA) is 232 Å². The molecule has 2 atom stereocenters. The Labute approximate surface area is 259 Å². The van der Waals surface area contributed by atoms with E-state index in [1.54, 1.807) is 53.7 Å². The SMILES string of the molecule is CC(C)(C)OC(=O)N[C@@H](Cc1ccc([N+](=O)[O-])cc1)C(N)=O.CC(C)(C)OC(=O)N[C@@H](Cc1ccc([N+](=O)[O-])cc1)C(N)=S. The molecule has 0 aliphatic rings. The fraction of sp³-hybridized carbons (Fsp3) is 0.429. The van der Waals surface area contributed by atoms with E-state index in [2.05, 4.69) is 10.6 Å². The summed E-state index contributed by atoms with van der Waals surface area (Å²) in [7, 11) is 0. The summed E-state index contributed by atoms with van der Waals surface area (Å²) >= 11 is 4.94. The number of carbonyl (C=O) groups excluding carboxylic acids is 3. The van der Waals surface area contributed by atoms with Crippen LogP contribution in [0.3, 0.4) is 0 Å². The molecule has 6 N–H and O–H groups in total. The second kappa shape index (κ2) is 16.1. The zero-order valence-electron chi connectivity index (χ0n) is 25.3. The Kier molecular flexibility index (Phi) is 13.6. The van der Waals surface area contributed by atoms with E-state index in [9.17, 15) is 34.6 Å².